The third-order valence-corrected chi connectivity index (χ3v) is 4.08. The van der Waals surface area contributed by atoms with Crippen molar-refractivity contribution in [2.24, 2.45) is 11.8 Å². The lowest BCUT2D eigenvalue weighted by Gasteiger charge is -2.24. The maximum absolute atomic E-state index is 11.4. The Morgan fingerprint density at radius 3 is 2.42 bits per heavy atom. The normalized spacial score (nSPS) is 17.4. The van der Waals surface area contributed by atoms with E-state index in [1.54, 1.807) is 0 Å². The van der Waals surface area contributed by atoms with Crippen molar-refractivity contribution in [2.75, 3.05) is 26.3 Å². The fourth-order valence-corrected chi connectivity index (χ4v) is 2.37. The van der Waals surface area contributed by atoms with Crippen LogP contribution in [-0.4, -0.2) is 59.6 Å². The van der Waals surface area contributed by atoms with Gasteiger partial charge >= 0.3 is 0 Å². The van der Waals surface area contributed by atoms with Gasteiger partial charge in [-0.3, -0.25) is 19.3 Å². The van der Waals surface area contributed by atoms with Crippen LogP contribution in [0.4, 0.5) is 0 Å². The van der Waals surface area contributed by atoms with Crippen LogP contribution in [-0.2, 0) is 19.1 Å². The van der Waals surface area contributed by atoms with Crippen molar-refractivity contribution < 1.29 is 24.2 Å². The van der Waals surface area contributed by atoms with Gasteiger partial charge in [0.15, 0.2) is 0 Å². The zero-order chi connectivity index (χ0) is 20.3. The van der Waals surface area contributed by atoms with Crippen LogP contribution < -0.4 is 5.32 Å². The van der Waals surface area contributed by atoms with E-state index >= 15 is 0 Å². The van der Waals surface area contributed by atoms with Crippen molar-refractivity contribution in [2.45, 2.75) is 66.4 Å². The van der Waals surface area contributed by atoms with E-state index in [9.17, 15) is 14.4 Å². The third kappa shape index (κ3) is 10.5. The molecule has 26 heavy (non-hydrogen) atoms. The van der Waals surface area contributed by atoms with Gasteiger partial charge < -0.3 is 15.2 Å². The number of hydrogen-bond donors (Lipinski definition) is 2. The minimum absolute atomic E-state index is 0.00171. The van der Waals surface area contributed by atoms with Crippen molar-refractivity contribution in [1.29, 1.82) is 0 Å². The highest BCUT2D eigenvalue weighted by Gasteiger charge is 2.34. The van der Waals surface area contributed by atoms with Crippen molar-refractivity contribution in [3.05, 3.63) is 0 Å². The fourth-order valence-electron chi connectivity index (χ4n) is 2.37. The molecule has 1 aliphatic heterocycles. The Hall–Kier alpha value is -1.47. The van der Waals surface area contributed by atoms with Crippen molar-refractivity contribution in [3.8, 4) is 0 Å². The number of likely N-dealkylation sites (tertiary alicyclic amines) is 1. The lowest BCUT2D eigenvalue weighted by atomic mass is 10.1. The van der Waals surface area contributed by atoms with E-state index in [0.717, 1.165) is 6.42 Å². The van der Waals surface area contributed by atoms with Crippen LogP contribution in [0.25, 0.3) is 0 Å². The smallest absolute Gasteiger partial charge is 0.232 e. The molecule has 0 radical (unpaired) electrons. The topological polar surface area (TPSA) is 95.9 Å². The maximum Gasteiger partial charge on any atom is 0.232 e. The molecule has 0 aromatic rings. The molecule has 1 aliphatic rings. The highest BCUT2D eigenvalue weighted by Crippen LogP contribution is 2.19. The van der Waals surface area contributed by atoms with E-state index in [-0.39, 0.29) is 35.8 Å². The van der Waals surface area contributed by atoms with E-state index in [0.29, 0.717) is 38.5 Å². The number of nitrogens with one attached hydrogen (secondary N) is 1. The predicted molar refractivity (Wildman–Crippen MR) is 100 cm³/mol. The molecule has 1 rings (SSSR count). The fraction of sp³-hybridized carbons (Fsp3) is 0.842. The molecule has 1 unspecified atom stereocenters. The molecule has 152 valence electrons. The largest absolute Gasteiger partial charge is 0.396 e. The molecule has 1 heterocycles. The average Bonchev–Trinajstić information content (AvgIpc) is 2.75. The van der Waals surface area contributed by atoms with Gasteiger partial charge in [0.1, 0.15) is 0 Å². The summed E-state index contributed by atoms with van der Waals surface area (Å²) >= 11 is 0. The van der Waals surface area contributed by atoms with Crippen LogP contribution in [0.5, 0.6) is 0 Å². The van der Waals surface area contributed by atoms with Crippen molar-refractivity contribution >= 4 is 17.7 Å². The van der Waals surface area contributed by atoms with Crippen LogP contribution in [0.1, 0.15) is 60.8 Å². The standard InChI is InChI=1S/C10H17NO2.C9H19NO3/c1-7(2)4-5-11-9(12)6-8(3)10(11)13;1-8(12)10-5-7-13-9(2,3)4-6-11/h7-8H,4-6H2,1-3H3;11H,4-7H2,1-3H3,(H,10,12). The molecule has 2 N–H and O–H groups in total. The number of aliphatic hydroxyl groups is 1. The molecule has 1 atom stereocenters. The summed E-state index contributed by atoms with van der Waals surface area (Å²) in [4.78, 5) is 34.6. The summed E-state index contributed by atoms with van der Waals surface area (Å²) in [6.07, 6.45) is 1.91. The minimum atomic E-state index is -0.312. The number of carbonyl (C=O) groups is 3. The van der Waals surface area contributed by atoms with E-state index < -0.39 is 0 Å². The number of ether oxygens (including phenoxy) is 1. The predicted octanol–water partition coefficient (Wildman–Crippen LogP) is 1.73. The van der Waals surface area contributed by atoms with Crippen LogP contribution in [0.2, 0.25) is 0 Å². The summed E-state index contributed by atoms with van der Waals surface area (Å²) in [5.41, 5.74) is -0.312. The van der Waals surface area contributed by atoms with E-state index in [1.165, 1.54) is 11.8 Å². The van der Waals surface area contributed by atoms with Gasteiger partial charge in [0.05, 0.1) is 12.2 Å². The molecule has 0 aromatic heterocycles. The average molecular weight is 373 g/mol. The molecule has 0 saturated carbocycles. The summed E-state index contributed by atoms with van der Waals surface area (Å²) in [6.45, 7) is 13.0. The molecule has 3 amide bonds. The van der Waals surface area contributed by atoms with Gasteiger partial charge in [0, 0.05) is 39.0 Å². The Bertz CT molecular complexity index is 463. The van der Waals surface area contributed by atoms with Gasteiger partial charge in [-0.15, -0.1) is 0 Å². The zero-order valence-electron chi connectivity index (χ0n) is 17.1. The summed E-state index contributed by atoms with van der Waals surface area (Å²) in [6, 6.07) is 0. The second kappa shape index (κ2) is 12.0. The highest BCUT2D eigenvalue weighted by atomic mass is 16.5. The molecule has 0 spiro atoms. The van der Waals surface area contributed by atoms with E-state index in [2.05, 4.69) is 19.2 Å². The van der Waals surface area contributed by atoms with Gasteiger partial charge in [-0.1, -0.05) is 20.8 Å². The lowest BCUT2D eigenvalue weighted by molar-refractivity contribution is -0.139. The molecular formula is C19H36N2O5. The molecule has 1 saturated heterocycles. The van der Waals surface area contributed by atoms with Gasteiger partial charge in [0.2, 0.25) is 17.7 Å². The van der Waals surface area contributed by atoms with Gasteiger partial charge in [0.25, 0.3) is 0 Å². The van der Waals surface area contributed by atoms with E-state index in [1.807, 2.05) is 20.8 Å². The first kappa shape index (κ1) is 24.5. The van der Waals surface area contributed by atoms with Gasteiger partial charge in [-0.25, -0.2) is 0 Å². The number of nitrogens with zero attached hydrogens (tertiary/aromatic N) is 1. The van der Waals surface area contributed by atoms with Crippen LogP contribution >= 0.6 is 0 Å². The Labute approximate surface area is 157 Å². The maximum atomic E-state index is 11.4. The monoisotopic (exact) mass is 372 g/mol. The molecule has 0 bridgehead atoms. The summed E-state index contributed by atoms with van der Waals surface area (Å²) < 4.78 is 5.45. The first-order valence-electron chi connectivity index (χ1n) is 9.33. The summed E-state index contributed by atoms with van der Waals surface area (Å²) in [5, 5.41) is 11.3. The van der Waals surface area contributed by atoms with Gasteiger partial charge in [-0.2, -0.15) is 0 Å². The number of imide groups is 1. The molecule has 0 aromatic carbocycles. The number of aliphatic hydroxyl groups excluding tert-OH is 1. The van der Waals surface area contributed by atoms with Gasteiger partial charge in [-0.05, 0) is 32.6 Å². The quantitative estimate of drug-likeness (QED) is 0.475. The van der Waals surface area contributed by atoms with Crippen LogP contribution in [0, 0.1) is 11.8 Å². The molecular weight excluding hydrogens is 336 g/mol. The molecule has 7 nitrogen and oxygen atoms in total. The lowest BCUT2D eigenvalue weighted by Crippen LogP contribution is -2.31. The minimum Gasteiger partial charge on any atom is -0.396 e. The Morgan fingerprint density at radius 2 is 2.00 bits per heavy atom. The first-order valence-corrected chi connectivity index (χ1v) is 9.33. The van der Waals surface area contributed by atoms with E-state index in [4.69, 9.17) is 9.84 Å². The van der Waals surface area contributed by atoms with Crippen LogP contribution in [0.3, 0.4) is 0 Å². The third-order valence-electron chi connectivity index (χ3n) is 4.08. The van der Waals surface area contributed by atoms with Crippen LogP contribution in [0.15, 0.2) is 0 Å². The second-order valence-electron chi connectivity index (χ2n) is 7.74. The number of carbonyl (C=O) groups excluding carboxylic acids is 3. The second-order valence-corrected chi connectivity index (χ2v) is 7.74. The molecule has 0 aliphatic carbocycles. The number of amides is 3. The SMILES string of the molecule is CC(=O)NCCOC(C)(C)CCO.CC(C)CCN1C(=O)CC(C)C1=O. The summed E-state index contributed by atoms with van der Waals surface area (Å²) in [5.74, 6) is 0.392. The van der Waals surface area contributed by atoms with Crippen molar-refractivity contribution in [1.82, 2.24) is 10.2 Å². The Balaban J connectivity index is 0.000000481. The Morgan fingerprint density at radius 1 is 1.38 bits per heavy atom. The first-order chi connectivity index (χ1) is 12.0. The molecule has 7 heteroatoms. The Kier molecular flexibility index (Phi) is 11.3. The molecule has 1 fully saturated rings. The zero-order valence-corrected chi connectivity index (χ0v) is 17.1. The number of rotatable bonds is 9. The van der Waals surface area contributed by atoms with Crippen molar-refractivity contribution in [3.63, 3.8) is 0 Å². The highest BCUT2D eigenvalue weighted by molar-refractivity contribution is 6.03. The summed E-state index contributed by atoms with van der Waals surface area (Å²) in [7, 11) is 0. The number of hydrogen-bond acceptors (Lipinski definition) is 5.